The van der Waals surface area contributed by atoms with Crippen molar-refractivity contribution >= 4 is 28.6 Å². The predicted octanol–water partition coefficient (Wildman–Crippen LogP) is 1.76. The lowest BCUT2D eigenvalue weighted by Gasteiger charge is -2.15. The second kappa shape index (κ2) is 5.82. The lowest BCUT2D eigenvalue weighted by Crippen LogP contribution is -2.29. The number of thiazole rings is 1. The van der Waals surface area contributed by atoms with Crippen LogP contribution in [-0.2, 0) is 12.8 Å². The standard InChI is InChI=1S/C14H14N4O3S/c15-5-3-13-16-11(8-22-13)14(19)17-6-4-9-1-2-10(18(20)21)7-12(9)17/h1-2,7-8H,3-6,15H2. The van der Waals surface area contributed by atoms with Crippen LogP contribution in [0.2, 0.25) is 0 Å². The van der Waals surface area contributed by atoms with Gasteiger partial charge in [0.2, 0.25) is 0 Å². The van der Waals surface area contributed by atoms with E-state index in [4.69, 9.17) is 5.73 Å². The Bertz CT molecular complexity index is 743. The Morgan fingerprint density at radius 3 is 3.05 bits per heavy atom. The average Bonchev–Trinajstić information content (AvgIpc) is 3.12. The number of benzene rings is 1. The number of non-ortho nitro benzene ring substituents is 1. The van der Waals surface area contributed by atoms with E-state index in [-0.39, 0.29) is 11.6 Å². The third-order valence-electron chi connectivity index (χ3n) is 3.55. The zero-order chi connectivity index (χ0) is 15.7. The molecule has 1 aliphatic heterocycles. The van der Waals surface area contributed by atoms with E-state index in [1.54, 1.807) is 16.3 Å². The molecule has 2 heterocycles. The molecule has 0 fully saturated rings. The summed E-state index contributed by atoms with van der Waals surface area (Å²) in [4.78, 5) is 28.9. The Hall–Kier alpha value is -2.32. The first kappa shape index (κ1) is 14.6. The van der Waals surface area contributed by atoms with Gasteiger partial charge in [-0.2, -0.15) is 0 Å². The summed E-state index contributed by atoms with van der Waals surface area (Å²) in [5.41, 5.74) is 7.38. The molecular weight excluding hydrogens is 304 g/mol. The summed E-state index contributed by atoms with van der Waals surface area (Å²) in [6.45, 7) is 0.999. The SMILES string of the molecule is NCCc1nc(C(=O)N2CCc3ccc([N+](=O)[O-])cc32)cs1. The van der Waals surface area contributed by atoms with E-state index in [0.29, 0.717) is 37.3 Å². The molecule has 2 N–H and O–H groups in total. The fraction of sp³-hybridized carbons (Fsp3) is 0.286. The first-order valence-corrected chi connectivity index (χ1v) is 7.72. The lowest BCUT2D eigenvalue weighted by atomic mass is 10.1. The first-order chi connectivity index (χ1) is 10.6. The molecule has 2 aromatic rings. The van der Waals surface area contributed by atoms with Gasteiger partial charge < -0.3 is 10.6 Å². The Labute approximate surface area is 130 Å². The third-order valence-corrected chi connectivity index (χ3v) is 4.46. The summed E-state index contributed by atoms with van der Waals surface area (Å²) < 4.78 is 0. The van der Waals surface area contributed by atoms with Gasteiger partial charge in [0, 0.05) is 30.5 Å². The van der Waals surface area contributed by atoms with Gasteiger partial charge in [-0.15, -0.1) is 11.3 Å². The van der Waals surface area contributed by atoms with E-state index in [1.807, 2.05) is 0 Å². The molecule has 0 saturated carbocycles. The van der Waals surface area contributed by atoms with Crippen molar-refractivity contribution in [3.8, 4) is 0 Å². The number of nitro benzene ring substituents is 1. The second-order valence-electron chi connectivity index (χ2n) is 4.94. The fourth-order valence-electron chi connectivity index (χ4n) is 2.48. The van der Waals surface area contributed by atoms with Crippen molar-refractivity contribution in [3.63, 3.8) is 0 Å². The second-order valence-corrected chi connectivity index (χ2v) is 5.88. The van der Waals surface area contributed by atoms with Crippen molar-refractivity contribution in [2.24, 2.45) is 5.73 Å². The van der Waals surface area contributed by atoms with Gasteiger partial charge in [0.15, 0.2) is 0 Å². The highest BCUT2D eigenvalue weighted by Crippen LogP contribution is 2.32. The smallest absolute Gasteiger partial charge is 0.277 e. The van der Waals surface area contributed by atoms with Gasteiger partial charge in [-0.1, -0.05) is 6.07 Å². The maximum absolute atomic E-state index is 12.6. The molecule has 0 bridgehead atoms. The van der Waals surface area contributed by atoms with Crippen molar-refractivity contribution in [1.29, 1.82) is 0 Å². The first-order valence-electron chi connectivity index (χ1n) is 6.84. The molecule has 0 unspecified atom stereocenters. The van der Waals surface area contributed by atoms with Crippen LogP contribution in [0.5, 0.6) is 0 Å². The molecule has 1 aromatic carbocycles. The number of hydrogen-bond acceptors (Lipinski definition) is 6. The molecule has 0 spiro atoms. The summed E-state index contributed by atoms with van der Waals surface area (Å²) in [5, 5.41) is 13.4. The highest BCUT2D eigenvalue weighted by atomic mass is 32.1. The topological polar surface area (TPSA) is 102 Å². The van der Waals surface area contributed by atoms with Crippen LogP contribution in [0.1, 0.15) is 21.1 Å². The van der Waals surface area contributed by atoms with Crippen molar-refractivity contribution in [3.05, 3.63) is 50.0 Å². The molecule has 0 saturated heterocycles. The summed E-state index contributed by atoms with van der Waals surface area (Å²) in [7, 11) is 0. The number of hydrogen-bond donors (Lipinski definition) is 1. The molecule has 1 aliphatic rings. The van der Waals surface area contributed by atoms with Gasteiger partial charge in [-0.05, 0) is 18.5 Å². The van der Waals surface area contributed by atoms with E-state index >= 15 is 0 Å². The summed E-state index contributed by atoms with van der Waals surface area (Å²) in [5.74, 6) is -0.223. The van der Waals surface area contributed by atoms with Crippen molar-refractivity contribution in [1.82, 2.24) is 4.98 Å². The minimum absolute atomic E-state index is 0.0134. The van der Waals surface area contributed by atoms with Gasteiger partial charge in [-0.25, -0.2) is 4.98 Å². The number of fused-ring (bicyclic) bond motifs is 1. The highest BCUT2D eigenvalue weighted by Gasteiger charge is 2.28. The zero-order valence-corrected chi connectivity index (χ0v) is 12.5. The number of aromatic nitrogens is 1. The molecule has 7 nitrogen and oxygen atoms in total. The van der Waals surface area contributed by atoms with Crippen LogP contribution in [0.25, 0.3) is 0 Å². The summed E-state index contributed by atoms with van der Waals surface area (Å²) >= 11 is 1.40. The maximum Gasteiger partial charge on any atom is 0.277 e. The highest BCUT2D eigenvalue weighted by molar-refractivity contribution is 7.09. The van der Waals surface area contributed by atoms with Crippen molar-refractivity contribution in [2.75, 3.05) is 18.0 Å². The van der Waals surface area contributed by atoms with E-state index in [9.17, 15) is 14.9 Å². The van der Waals surface area contributed by atoms with Crippen LogP contribution in [0.4, 0.5) is 11.4 Å². The number of rotatable bonds is 4. The van der Waals surface area contributed by atoms with E-state index in [2.05, 4.69) is 4.98 Å². The van der Waals surface area contributed by atoms with Crippen LogP contribution in [-0.4, -0.2) is 28.9 Å². The molecule has 22 heavy (non-hydrogen) atoms. The van der Waals surface area contributed by atoms with Gasteiger partial charge in [0.25, 0.3) is 11.6 Å². The normalized spacial score (nSPS) is 13.2. The summed E-state index contributed by atoms with van der Waals surface area (Å²) in [6, 6.07) is 4.63. The van der Waals surface area contributed by atoms with Gasteiger partial charge in [0.05, 0.1) is 15.6 Å². The third kappa shape index (κ3) is 2.58. The van der Waals surface area contributed by atoms with Gasteiger partial charge >= 0.3 is 0 Å². The van der Waals surface area contributed by atoms with Crippen LogP contribution >= 0.6 is 11.3 Å². The Kier molecular flexibility index (Phi) is 3.86. The average molecular weight is 318 g/mol. The Morgan fingerprint density at radius 2 is 2.32 bits per heavy atom. The van der Waals surface area contributed by atoms with Gasteiger partial charge in [0.1, 0.15) is 5.69 Å². The maximum atomic E-state index is 12.6. The van der Waals surface area contributed by atoms with Crippen LogP contribution < -0.4 is 10.6 Å². The number of nitrogens with zero attached hydrogens (tertiary/aromatic N) is 3. The minimum atomic E-state index is -0.455. The number of carbonyl (C=O) groups is 1. The minimum Gasteiger partial charge on any atom is -0.330 e. The molecule has 8 heteroatoms. The molecule has 1 amide bonds. The molecule has 0 atom stereocenters. The van der Waals surface area contributed by atoms with Crippen LogP contribution in [0.3, 0.4) is 0 Å². The molecule has 0 radical (unpaired) electrons. The zero-order valence-electron chi connectivity index (χ0n) is 11.7. The van der Waals surface area contributed by atoms with Crippen LogP contribution in [0.15, 0.2) is 23.6 Å². The molecule has 114 valence electrons. The van der Waals surface area contributed by atoms with E-state index < -0.39 is 4.92 Å². The molecule has 3 rings (SSSR count). The quantitative estimate of drug-likeness (QED) is 0.683. The van der Waals surface area contributed by atoms with E-state index in [1.165, 1.54) is 23.5 Å². The number of carbonyl (C=O) groups excluding carboxylic acids is 1. The summed E-state index contributed by atoms with van der Waals surface area (Å²) in [6.07, 6.45) is 1.33. The van der Waals surface area contributed by atoms with Crippen molar-refractivity contribution < 1.29 is 9.72 Å². The predicted molar refractivity (Wildman–Crippen MR) is 83.3 cm³/mol. The molecule has 1 aromatic heterocycles. The lowest BCUT2D eigenvalue weighted by molar-refractivity contribution is -0.384. The van der Waals surface area contributed by atoms with E-state index in [0.717, 1.165) is 10.6 Å². The molecular formula is C14H14N4O3S. The number of nitro groups is 1. The number of nitrogens with two attached hydrogens (primary N) is 1. The number of anilines is 1. The number of amides is 1. The fourth-order valence-corrected chi connectivity index (χ4v) is 3.27. The van der Waals surface area contributed by atoms with Crippen molar-refractivity contribution in [2.45, 2.75) is 12.8 Å². The molecule has 0 aliphatic carbocycles. The Morgan fingerprint density at radius 1 is 1.50 bits per heavy atom. The largest absolute Gasteiger partial charge is 0.330 e. The Balaban J connectivity index is 1.89. The van der Waals surface area contributed by atoms with Crippen LogP contribution in [0, 0.1) is 10.1 Å². The monoisotopic (exact) mass is 318 g/mol. The van der Waals surface area contributed by atoms with Gasteiger partial charge in [-0.3, -0.25) is 14.9 Å².